The van der Waals surface area contributed by atoms with E-state index in [1.165, 1.54) is 5.57 Å². The number of benzene rings is 1. The maximum Gasteiger partial charge on any atom is 0.227 e. The number of hydrogen-bond acceptors (Lipinski definition) is 4. The van der Waals surface area contributed by atoms with Crippen molar-refractivity contribution in [3.05, 3.63) is 65.1 Å². The Morgan fingerprint density at radius 2 is 1.94 bits per heavy atom. The molecule has 4 rings (SSSR count). The van der Waals surface area contributed by atoms with Gasteiger partial charge in [0.2, 0.25) is 5.91 Å². The van der Waals surface area contributed by atoms with E-state index in [4.69, 9.17) is 4.98 Å². The van der Waals surface area contributed by atoms with Crippen LogP contribution in [-0.4, -0.2) is 44.4 Å². The number of carbonyl (C=O) groups excluding carboxylic acids is 2. The quantitative estimate of drug-likeness (QED) is 0.496. The Morgan fingerprint density at radius 1 is 1.21 bits per heavy atom. The van der Waals surface area contributed by atoms with Crippen molar-refractivity contribution in [1.82, 2.24) is 19.7 Å². The van der Waals surface area contributed by atoms with Gasteiger partial charge in [0.25, 0.3) is 0 Å². The van der Waals surface area contributed by atoms with Crippen molar-refractivity contribution < 1.29 is 9.59 Å². The summed E-state index contributed by atoms with van der Waals surface area (Å²) in [5, 5.41) is 5.34. The molecule has 6 heteroatoms. The second kappa shape index (κ2) is 9.16. The van der Waals surface area contributed by atoms with Crippen LogP contribution in [0.1, 0.15) is 67.3 Å². The van der Waals surface area contributed by atoms with Gasteiger partial charge in [-0.25, -0.2) is 0 Å². The van der Waals surface area contributed by atoms with E-state index >= 15 is 0 Å². The number of para-hydroxylation sites is 1. The molecule has 178 valence electrons. The van der Waals surface area contributed by atoms with Gasteiger partial charge in [0.1, 0.15) is 5.69 Å². The normalized spacial score (nSPS) is 16.4. The minimum Gasteiger partial charge on any atom is -0.342 e. The van der Waals surface area contributed by atoms with Gasteiger partial charge in [0.15, 0.2) is 5.78 Å². The van der Waals surface area contributed by atoms with Crippen molar-refractivity contribution in [2.45, 2.75) is 59.4 Å². The van der Waals surface area contributed by atoms with Crippen LogP contribution in [0.5, 0.6) is 0 Å². The second-order valence-electron chi connectivity index (χ2n) is 10.4. The highest BCUT2D eigenvalue weighted by atomic mass is 16.2. The Labute approximate surface area is 201 Å². The number of rotatable bonds is 5. The van der Waals surface area contributed by atoms with Gasteiger partial charge in [-0.1, -0.05) is 51.1 Å². The first-order valence-electron chi connectivity index (χ1n) is 11.9. The summed E-state index contributed by atoms with van der Waals surface area (Å²) >= 11 is 0. The van der Waals surface area contributed by atoms with E-state index in [2.05, 4.69) is 24.2 Å². The summed E-state index contributed by atoms with van der Waals surface area (Å²) < 4.78 is 1.75. The zero-order valence-electron chi connectivity index (χ0n) is 21.1. The van der Waals surface area contributed by atoms with Crippen molar-refractivity contribution >= 4 is 28.2 Å². The first-order chi connectivity index (χ1) is 16.1. The molecule has 0 fully saturated rings. The predicted octanol–water partition coefficient (Wildman–Crippen LogP) is 5.14. The monoisotopic (exact) mass is 458 g/mol. The maximum atomic E-state index is 13.0. The van der Waals surface area contributed by atoms with Gasteiger partial charge in [-0.05, 0) is 49.0 Å². The minimum absolute atomic E-state index is 0.00275. The fourth-order valence-electron chi connectivity index (χ4n) is 4.84. The highest BCUT2D eigenvalue weighted by molar-refractivity contribution is 6.06. The molecule has 2 aromatic heterocycles. The molecule has 1 unspecified atom stereocenters. The van der Waals surface area contributed by atoms with Crippen LogP contribution in [0.4, 0.5) is 0 Å². The zero-order valence-corrected chi connectivity index (χ0v) is 21.1. The van der Waals surface area contributed by atoms with Crippen LogP contribution in [0.25, 0.3) is 16.5 Å². The van der Waals surface area contributed by atoms with Gasteiger partial charge in [0.05, 0.1) is 11.2 Å². The molecular formula is C28H34N4O2. The molecular weight excluding hydrogens is 424 g/mol. The number of aromatic nitrogens is 3. The maximum absolute atomic E-state index is 13.0. The lowest BCUT2D eigenvalue weighted by atomic mass is 9.88. The van der Waals surface area contributed by atoms with Gasteiger partial charge >= 0.3 is 0 Å². The summed E-state index contributed by atoms with van der Waals surface area (Å²) in [7, 11) is 3.77. The molecule has 0 saturated heterocycles. The summed E-state index contributed by atoms with van der Waals surface area (Å²) in [4.78, 5) is 32.3. The third-order valence-electron chi connectivity index (χ3n) is 6.72. The molecule has 0 radical (unpaired) electrons. The van der Waals surface area contributed by atoms with E-state index in [1.807, 2.05) is 70.2 Å². The van der Waals surface area contributed by atoms with E-state index in [0.29, 0.717) is 5.69 Å². The number of amides is 1. The Balaban J connectivity index is 1.47. The third kappa shape index (κ3) is 4.67. The number of Topliss-reactive ketones (excluding diaryl/α,β-unsaturated/α-hetero) is 1. The molecule has 3 aromatic rings. The van der Waals surface area contributed by atoms with Crippen molar-refractivity contribution in [2.75, 3.05) is 7.05 Å². The number of nitrogens with zero attached hydrogens (tertiary/aromatic N) is 4. The molecule has 0 aliphatic heterocycles. The Kier molecular flexibility index (Phi) is 6.43. The zero-order chi connectivity index (χ0) is 24.6. The third-order valence-corrected chi connectivity index (χ3v) is 6.72. The number of ketones is 1. The Hall–Kier alpha value is -3.28. The first kappa shape index (κ1) is 23.9. The number of fused-ring (bicyclic) bond motifs is 1. The molecule has 0 bridgehead atoms. The van der Waals surface area contributed by atoms with E-state index in [-0.39, 0.29) is 29.6 Å². The molecule has 1 aliphatic carbocycles. The molecule has 34 heavy (non-hydrogen) atoms. The van der Waals surface area contributed by atoms with Crippen molar-refractivity contribution in [3.8, 4) is 0 Å². The van der Waals surface area contributed by atoms with Gasteiger partial charge in [-0.3, -0.25) is 19.3 Å². The topological polar surface area (TPSA) is 68.1 Å². The van der Waals surface area contributed by atoms with Crippen LogP contribution in [0, 0.1) is 12.3 Å². The Morgan fingerprint density at radius 3 is 2.59 bits per heavy atom. The van der Waals surface area contributed by atoms with Gasteiger partial charge in [0, 0.05) is 43.6 Å². The molecule has 1 aromatic carbocycles. The van der Waals surface area contributed by atoms with E-state index in [0.717, 1.165) is 47.0 Å². The molecule has 2 heterocycles. The van der Waals surface area contributed by atoms with Crippen molar-refractivity contribution in [3.63, 3.8) is 0 Å². The predicted molar refractivity (Wildman–Crippen MR) is 136 cm³/mol. The smallest absolute Gasteiger partial charge is 0.227 e. The Bertz CT molecular complexity index is 1280. The highest BCUT2D eigenvalue weighted by Crippen LogP contribution is 2.31. The van der Waals surface area contributed by atoms with Crippen LogP contribution < -0.4 is 0 Å². The summed E-state index contributed by atoms with van der Waals surface area (Å²) in [5.41, 5.74) is 5.27. The molecule has 0 spiro atoms. The highest BCUT2D eigenvalue weighted by Gasteiger charge is 2.30. The lowest BCUT2D eigenvalue weighted by Crippen LogP contribution is -2.43. The van der Waals surface area contributed by atoms with Crippen molar-refractivity contribution in [1.29, 1.82) is 0 Å². The van der Waals surface area contributed by atoms with Gasteiger partial charge in [-0.15, -0.1) is 0 Å². The average Bonchev–Trinajstić information content (AvgIpc) is 3.15. The summed E-state index contributed by atoms with van der Waals surface area (Å²) in [6, 6.07) is 10.1. The number of carbonyl (C=O) groups is 2. The molecule has 1 atom stereocenters. The fraction of sp³-hybridized carbons (Fsp3) is 0.429. The minimum atomic E-state index is -0.369. The molecule has 6 nitrogen and oxygen atoms in total. The lowest BCUT2D eigenvalue weighted by Gasteiger charge is -2.35. The van der Waals surface area contributed by atoms with Gasteiger partial charge < -0.3 is 4.90 Å². The lowest BCUT2D eigenvalue weighted by molar-refractivity contribution is -0.140. The first-order valence-corrected chi connectivity index (χ1v) is 11.9. The largest absolute Gasteiger partial charge is 0.342 e. The number of aryl methyl sites for hydroxylation is 2. The van der Waals surface area contributed by atoms with Crippen molar-refractivity contribution in [2.24, 2.45) is 12.5 Å². The van der Waals surface area contributed by atoms with E-state index < -0.39 is 0 Å². The SMILES string of the molecule is Cc1cc(CC(=O)c2nn(C)c3ccccc23)cnc1C1=CCC(N(C)C(=O)C(C)(C)C)CC1. The number of pyridine rings is 1. The van der Waals surface area contributed by atoms with Crippen LogP contribution in [-0.2, 0) is 18.3 Å². The summed E-state index contributed by atoms with van der Waals surface area (Å²) in [6.07, 6.45) is 6.96. The number of allylic oxidation sites excluding steroid dienone is 1. The fourth-order valence-corrected chi connectivity index (χ4v) is 4.84. The molecule has 1 aliphatic rings. The molecule has 1 amide bonds. The average molecular weight is 459 g/mol. The molecule has 0 N–H and O–H groups in total. The molecule has 0 saturated carbocycles. The summed E-state index contributed by atoms with van der Waals surface area (Å²) in [5.74, 6) is 0.176. The van der Waals surface area contributed by atoms with Crippen LogP contribution >= 0.6 is 0 Å². The summed E-state index contributed by atoms with van der Waals surface area (Å²) in [6.45, 7) is 7.94. The second-order valence-corrected chi connectivity index (χ2v) is 10.4. The van der Waals surface area contributed by atoms with E-state index in [9.17, 15) is 9.59 Å². The standard InChI is InChI=1S/C28H34N4O2/c1-18-15-19(16-24(33)26-22-9-7-8-10-23(22)32(6)30-26)17-29-25(18)20-11-13-21(14-12-20)31(5)27(34)28(2,3)4/h7-11,15,17,21H,12-14,16H2,1-6H3. The number of hydrogen-bond donors (Lipinski definition) is 0. The van der Waals surface area contributed by atoms with Gasteiger partial charge in [-0.2, -0.15) is 5.10 Å². The van der Waals surface area contributed by atoms with E-state index in [1.54, 1.807) is 4.68 Å². The van der Waals surface area contributed by atoms with Crippen LogP contribution in [0.3, 0.4) is 0 Å². The van der Waals surface area contributed by atoms with Crippen LogP contribution in [0.15, 0.2) is 42.6 Å². The van der Waals surface area contributed by atoms with Crippen LogP contribution in [0.2, 0.25) is 0 Å².